The highest BCUT2D eigenvalue weighted by atomic mass is 32.2. The van der Waals surface area contributed by atoms with Crippen molar-refractivity contribution in [1.29, 1.82) is 0 Å². The van der Waals surface area contributed by atoms with Crippen molar-refractivity contribution in [3.05, 3.63) is 34.6 Å². The number of Topliss-reactive ketones (excluding diaryl/α,β-unsaturated/α-hetero) is 1. The molecule has 0 saturated heterocycles. The molecule has 0 saturated carbocycles. The van der Waals surface area contributed by atoms with Crippen LogP contribution >= 0.6 is 11.8 Å². The third-order valence-electron chi connectivity index (χ3n) is 2.32. The van der Waals surface area contributed by atoms with Crippen LogP contribution in [0.2, 0.25) is 0 Å². The standard InChI is InChI=1S/C11H9F5OS/c1-4(3-18-2)11(17)5-6(12)8(14)10(16)9(15)7(5)13/h4H,3H2,1-2H3. The molecule has 7 heteroatoms. The minimum Gasteiger partial charge on any atom is -0.294 e. The van der Waals surface area contributed by atoms with Crippen LogP contribution < -0.4 is 0 Å². The van der Waals surface area contributed by atoms with Gasteiger partial charge in [-0.05, 0) is 6.26 Å². The lowest BCUT2D eigenvalue weighted by molar-refractivity contribution is 0.0930. The summed E-state index contributed by atoms with van der Waals surface area (Å²) < 4.78 is 65.2. The maximum atomic E-state index is 13.3. The van der Waals surface area contributed by atoms with Crippen LogP contribution in [-0.2, 0) is 0 Å². The van der Waals surface area contributed by atoms with Crippen LogP contribution in [0, 0.1) is 35.0 Å². The lowest BCUT2D eigenvalue weighted by Crippen LogP contribution is -2.20. The van der Waals surface area contributed by atoms with E-state index in [1.165, 1.54) is 18.7 Å². The number of benzene rings is 1. The van der Waals surface area contributed by atoms with Crippen LogP contribution in [0.1, 0.15) is 17.3 Å². The van der Waals surface area contributed by atoms with Crippen LogP contribution in [0.15, 0.2) is 0 Å². The lowest BCUT2D eigenvalue weighted by Gasteiger charge is -2.11. The van der Waals surface area contributed by atoms with Gasteiger partial charge in [-0.15, -0.1) is 0 Å². The van der Waals surface area contributed by atoms with E-state index in [9.17, 15) is 26.7 Å². The van der Waals surface area contributed by atoms with E-state index in [0.717, 1.165) is 0 Å². The van der Waals surface area contributed by atoms with Crippen LogP contribution in [0.4, 0.5) is 22.0 Å². The molecule has 0 fully saturated rings. The third-order valence-corrected chi connectivity index (χ3v) is 3.15. The fraction of sp³-hybridized carbons (Fsp3) is 0.364. The van der Waals surface area contributed by atoms with Gasteiger partial charge in [-0.3, -0.25) is 4.79 Å². The van der Waals surface area contributed by atoms with Crippen molar-refractivity contribution in [3.8, 4) is 0 Å². The number of carbonyl (C=O) groups excluding carboxylic acids is 1. The van der Waals surface area contributed by atoms with Crippen molar-refractivity contribution in [2.75, 3.05) is 12.0 Å². The van der Waals surface area contributed by atoms with E-state index in [4.69, 9.17) is 0 Å². The normalized spacial score (nSPS) is 12.6. The molecular formula is C11H9F5OS. The van der Waals surface area contributed by atoms with Crippen LogP contribution in [0.25, 0.3) is 0 Å². The Morgan fingerprint density at radius 2 is 1.39 bits per heavy atom. The molecule has 0 N–H and O–H groups in total. The molecule has 0 aromatic heterocycles. The van der Waals surface area contributed by atoms with E-state index in [-0.39, 0.29) is 5.75 Å². The molecule has 0 heterocycles. The van der Waals surface area contributed by atoms with Gasteiger partial charge in [0.1, 0.15) is 0 Å². The second-order valence-electron chi connectivity index (χ2n) is 3.67. The second kappa shape index (κ2) is 5.69. The van der Waals surface area contributed by atoms with Crippen LogP contribution in [0.3, 0.4) is 0 Å². The number of hydrogen-bond donors (Lipinski definition) is 0. The first-order valence-electron chi connectivity index (χ1n) is 4.87. The quantitative estimate of drug-likeness (QED) is 0.364. The molecule has 1 unspecified atom stereocenters. The highest BCUT2D eigenvalue weighted by Gasteiger charge is 2.31. The van der Waals surface area contributed by atoms with Gasteiger partial charge in [0.15, 0.2) is 29.1 Å². The predicted molar refractivity (Wildman–Crippen MR) is 58.1 cm³/mol. The molecule has 1 atom stereocenters. The molecule has 0 radical (unpaired) electrons. The Balaban J connectivity index is 3.37. The first kappa shape index (κ1) is 14.9. The zero-order valence-corrected chi connectivity index (χ0v) is 10.3. The van der Waals surface area contributed by atoms with Crippen LogP contribution in [-0.4, -0.2) is 17.8 Å². The number of rotatable bonds is 4. The minimum absolute atomic E-state index is 0.221. The number of carbonyl (C=O) groups is 1. The smallest absolute Gasteiger partial charge is 0.200 e. The molecule has 0 bridgehead atoms. The zero-order valence-electron chi connectivity index (χ0n) is 9.49. The van der Waals surface area contributed by atoms with Crippen molar-refractivity contribution in [3.63, 3.8) is 0 Å². The first-order valence-corrected chi connectivity index (χ1v) is 6.26. The summed E-state index contributed by atoms with van der Waals surface area (Å²) in [5.74, 6) is -12.3. The molecule has 1 rings (SSSR count). The summed E-state index contributed by atoms with van der Waals surface area (Å²) in [5.41, 5.74) is -1.37. The fourth-order valence-corrected chi connectivity index (χ4v) is 2.04. The van der Waals surface area contributed by atoms with Gasteiger partial charge in [0.25, 0.3) is 0 Å². The molecule has 0 aliphatic rings. The maximum Gasteiger partial charge on any atom is 0.200 e. The zero-order chi connectivity index (χ0) is 14.0. The van der Waals surface area contributed by atoms with Crippen molar-refractivity contribution in [2.24, 2.45) is 5.92 Å². The fourth-order valence-electron chi connectivity index (χ4n) is 1.39. The topological polar surface area (TPSA) is 17.1 Å². The first-order chi connectivity index (χ1) is 8.32. The number of hydrogen-bond acceptors (Lipinski definition) is 2. The molecule has 1 aromatic rings. The molecule has 0 aliphatic carbocycles. The van der Waals surface area contributed by atoms with E-state index in [0.29, 0.717) is 0 Å². The van der Waals surface area contributed by atoms with Gasteiger partial charge >= 0.3 is 0 Å². The summed E-state index contributed by atoms with van der Waals surface area (Å²) in [4.78, 5) is 11.6. The van der Waals surface area contributed by atoms with Gasteiger partial charge in [-0.2, -0.15) is 11.8 Å². The Morgan fingerprint density at radius 3 is 1.78 bits per heavy atom. The SMILES string of the molecule is CSCC(C)C(=O)c1c(F)c(F)c(F)c(F)c1F. The maximum absolute atomic E-state index is 13.3. The van der Waals surface area contributed by atoms with Crippen LogP contribution in [0.5, 0.6) is 0 Å². The Hall–Kier alpha value is -1.11. The van der Waals surface area contributed by atoms with Gasteiger partial charge in [0.2, 0.25) is 5.82 Å². The molecular weight excluding hydrogens is 275 g/mol. The summed E-state index contributed by atoms with van der Waals surface area (Å²) >= 11 is 1.23. The summed E-state index contributed by atoms with van der Waals surface area (Å²) in [5, 5.41) is 0. The molecule has 0 aliphatic heterocycles. The van der Waals surface area contributed by atoms with Crippen molar-refractivity contribution >= 4 is 17.5 Å². The van der Waals surface area contributed by atoms with Gasteiger partial charge in [-0.1, -0.05) is 6.92 Å². The van der Waals surface area contributed by atoms with E-state index < -0.39 is 46.4 Å². The molecule has 18 heavy (non-hydrogen) atoms. The number of halogens is 5. The highest BCUT2D eigenvalue weighted by Crippen LogP contribution is 2.25. The number of thioether (sulfide) groups is 1. The Morgan fingerprint density at radius 1 is 1.00 bits per heavy atom. The van der Waals surface area contributed by atoms with Gasteiger partial charge < -0.3 is 0 Å². The van der Waals surface area contributed by atoms with Crippen molar-refractivity contribution < 1.29 is 26.7 Å². The van der Waals surface area contributed by atoms with Crippen molar-refractivity contribution in [1.82, 2.24) is 0 Å². The minimum atomic E-state index is -2.26. The summed E-state index contributed by atoms with van der Waals surface area (Å²) in [6.45, 7) is 1.36. The molecule has 0 spiro atoms. The van der Waals surface area contributed by atoms with E-state index in [1.807, 2.05) is 0 Å². The summed E-state index contributed by atoms with van der Waals surface area (Å²) in [6.07, 6.45) is 1.66. The lowest BCUT2D eigenvalue weighted by atomic mass is 9.99. The van der Waals surface area contributed by atoms with Crippen molar-refractivity contribution in [2.45, 2.75) is 6.92 Å². The Bertz CT molecular complexity index is 460. The average molecular weight is 284 g/mol. The Labute approximate surface area is 104 Å². The Kier molecular flexibility index (Phi) is 4.72. The van der Waals surface area contributed by atoms with Gasteiger partial charge in [0.05, 0.1) is 5.56 Å². The molecule has 100 valence electrons. The molecule has 1 nitrogen and oxygen atoms in total. The monoisotopic (exact) mass is 284 g/mol. The van der Waals surface area contributed by atoms with E-state index in [2.05, 4.69) is 0 Å². The molecule has 0 amide bonds. The number of ketones is 1. The second-order valence-corrected chi connectivity index (χ2v) is 4.58. The van der Waals surface area contributed by atoms with E-state index >= 15 is 0 Å². The van der Waals surface area contributed by atoms with E-state index in [1.54, 1.807) is 6.26 Å². The highest BCUT2D eigenvalue weighted by molar-refractivity contribution is 7.98. The molecule has 1 aromatic carbocycles. The summed E-state index contributed by atoms with van der Waals surface area (Å²) in [7, 11) is 0. The third kappa shape index (κ3) is 2.50. The average Bonchev–Trinajstić information content (AvgIpc) is 2.34. The summed E-state index contributed by atoms with van der Waals surface area (Å²) in [6, 6.07) is 0. The predicted octanol–water partition coefficient (Wildman–Crippen LogP) is 3.56. The largest absolute Gasteiger partial charge is 0.294 e. The van der Waals surface area contributed by atoms with Gasteiger partial charge in [0, 0.05) is 11.7 Å². The van der Waals surface area contributed by atoms with Gasteiger partial charge in [-0.25, -0.2) is 22.0 Å².